The maximum Gasteiger partial charge on any atom is -0.0348 e. The predicted molar refractivity (Wildman–Crippen MR) is 43.3 cm³/mol. The lowest BCUT2D eigenvalue weighted by Gasteiger charge is -1.89. The Hall–Kier alpha value is -0.260. The molecule has 0 nitrogen and oxygen atoms in total. The van der Waals surface area contributed by atoms with Crippen LogP contribution in [0, 0.1) is 6.42 Å². The second-order valence-corrected chi connectivity index (χ2v) is 2.15. The Bertz CT molecular complexity index is 62.4. The highest BCUT2D eigenvalue weighted by Gasteiger charge is 1.79. The summed E-state index contributed by atoms with van der Waals surface area (Å²) in [6, 6.07) is 0. The number of hydrogen-bond donors (Lipinski definition) is 0. The maximum absolute atomic E-state index is 2.32. The Balaban J connectivity index is 2.82. The van der Waals surface area contributed by atoms with Gasteiger partial charge in [-0.3, -0.25) is 0 Å². The molecular weight excluding hydrogens is 108 g/mol. The number of rotatable bonds is 5. The number of unbranched alkanes of at least 4 members (excludes halogenated alkanes) is 3. The molecule has 0 fully saturated rings. The van der Waals surface area contributed by atoms with E-state index in [0.717, 1.165) is 0 Å². The molecule has 0 unspecified atom stereocenters. The first kappa shape index (κ1) is 8.74. The molecule has 0 rings (SSSR count). The minimum Gasteiger partial charge on any atom is -0.0888 e. The lowest BCUT2D eigenvalue weighted by molar-refractivity contribution is 0.898. The van der Waals surface area contributed by atoms with Crippen molar-refractivity contribution in [1.82, 2.24) is 0 Å². The van der Waals surface area contributed by atoms with E-state index in [1.54, 1.807) is 0 Å². The molecule has 0 N–H and O–H groups in total. The largest absolute Gasteiger partial charge is 0.0888 e. The molecule has 0 aliphatic heterocycles. The molecule has 1 radical (unpaired) electrons. The molecule has 0 amide bonds. The Morgan fingerprint density at radius 3 is 2.22 bits per heavy atom. The summed E-state index contributed by atoms with van der Waals surface area (Å²) < 4.78 is 0. The number of hydrogen-bond acceptors (Lipinski definition) is 0. The van der Waals surface area contributed by atoms with E-state index >= 15 is 0 Å². The highest BCUT2D eigenvalue weighted by Crippen LogP contribution is 1.98. The number of allylic oxidation sites excluding steroid dienone is 2. The minimum atomic E-state index is 1.17. The van der Waals surface area contributed by atoms with Crippen molar-refractivity contribution in [2.75, 3.05) is 0 Å². The molecule has 0 saturated heterocycles. The van der Waals surface area contributed by atoms with Gasteiger partial charge in [-0.1, -0.05) is 32.4 Å². The first-order valence-corrected chi connectivity index (χ1v) is 3.88. The van der Waals surface area contributed by atoms with Gasteiger partial charge in [0.05, 0.1) is 0 Å². The Labute approximate surface area is 59.0 Å². The second-order valence-electron chi connectivity index (χ2n) is 2.15. The predicted octanol–water partition coefficient (Wildman–Crippen LogP) is 3.35. The first-order valence-electron chi connectivity index (χ1n) is 3.88. The Kier molecular flexibility index (Phi) is 7.52. The molecule has 0 atom stereocenters. The van der Waals surface area contributed by atoms with Gasteiger partial charge in [-0.2, -0.15) is 0 Å². The van der Waals surface area contributed by atoms with Gasteiger partial charge in [0.15, 0.2) is 0 Å². The van der Waals surface area contributed by atoms with E-state index in [2.05, 4.69) is 32.4 Å². The molecule has 0 spiro atoms. The van der Waals surface area contributed by atoms with Crippen LogP contribution in [0.2, 0.25) is 0 Å². The average molecular weight is 125 g/mol. The summed E-state index contributed by atoms with van der Waals surface area (Å²) >= 11 is 0. The zero-order valence-corrected chi connectivity index (χ0v) is 6.56. The zero-order valence-electron chi connectivity index (χ0n) is 6.56. The molecule has 0 aromatic heterocycles. The third-order valence-electron chi connectivity index (χ3n) is 1.23. The maximum atomic E-state index is 2.32. The molecular formula is C9H17. The SMILES string of the molecule is CC[CH]CC/C=C/CC. The van der Waals surface area contributed by atoms with Gasteiger partial charge >= 0.3 is 0 Å². The van der Waals surface area contributed by atoms with Crippen LogP contribution in [0.3, 0.4) is 0 Å². The van der Waals surface area contributed by atoms with Crippen molar-refractivity contribution in [3.05, 3.63) is 18.6 Å². The molecule has 0 aromatic rings. The summed E-state index contributed by atoms with van der Waals surface area (Å²) in [7, 11) is 0. The summed E-state index contributed by atoms with van der Waals surface area (Å²) in [5.41, 5.74) is 0. The molecule has 0 heterocycles. The van der Waals surface area contributed by atoms with Gasteiger partial charge < -0.3 is 0 Å². The van der Waals surface area contributed by atoms with E-state index < -0.39 is 0 Å². The third kappa shape index (κ3) is 7.74. The molecule has 0 heteroatoms. The van der Waals surface area contributed by atoms with Crippen molar-refractivity contribution in [2.24, 2.45) is 0 Å². The van der Waals surface area contributed by atoms with E-state index in [9.17, 15) is 0 Å². The molecule has 0 aromatic carbocycles. The molecule has 0 saturated carbocycles. The van der Waals surface area contributed by atoms with Crippen LogP contribution in [0.4, 0.5) is 0 Å². The van der Waals surface area contributed by atoms with Crippen LogP contribution in [0.25, 0.3) is 0 Å². The fourth-order valence-electron chi connectivity index (χ4n) is 0.703. The van der Waals surface area contributed by atoms with Crippen LogP contribution >= 0.6 is 0 Å². The minimum absolute atomic E-state index is 1.17. The second kappa shape index (κ2) is 7.74. The van der Waals surface area contributed by atoms with Gasteiger partial charge in [0.25, 0.3) is 0 Å². The Morgan fingerprint density at radius 1 is 0.889 bits per heavy atom. The summed E-state index contributed by atoms with van der Waals surface area (Å²) in [6.45, 7) is 4.35. The van der Waals surface area contributed by atoms with E-state index in [4.69, 9.17) is 0 Å². The lowest BCUT2D eigenvalue weighted by atomic mass is 10.2. The van der Waals surface area contributed by atoms with Crippen LogP contribution in [-0.2, 0) is 0 Å². The third-order valence-corrected chi connectivity index (χ3v) is 1.23. The van der Waals surface area contributed by atoms with Crippen LogP contribution in [-0.4, -0.2) is 0 Å². The highest BCUT2D eigenvalue weighted by atomic mass is 13.9. The van der Waals surface area contributed by atoms with Gasteiger partial charge in [-0.05, 0) is 25.7 Å². The summed E-state index contributed by atoms with van der Waals surface area (Å²) in [5, 5.41) is 0. The quantitative estimate of drug-likeness (QED) is 0.390. The van der Waals surface area contributed by atoms with Gasteiger partial charge in [0.1, 0.15) is 0 Å². The smallest absolute Gasteiger partial charge is 0.0348 e. The molecule has 0 aliphatic rings. The van der Waals surface area contributed by atoms with Gasteiger partial charge in [0.2, 0.25) is 0 Å². The molecule has 0 bridgehead atoms. The Morgan fingerprint density at radius 2 is 1.67 bits per heavy atom. The highest BCUT2D eigenvalue weighted by molar-refractivity contribution is 4.81. The van der Waals surface area contributed by atoms with E-state index in [1.807, 2.05) is 0 Å². The van der Waals surface area contributed by atoms with Crippen molar-refractivity contribution in [1.29, 1.82) is 0 Å². The van der Waals surface area contributed by atoms with E-state index in [1.165, 1.54) is 25.7 Å². The van der Waals surface area contributed by atoms with Crippen LogP contribution < -0.4 is 0 Å². The monoisotopic (exact) mass is 125 g/mol. The standard InChI is InChI=1S/C9H17/c1-3-5-7-9-8-6-4-2/h5-7H,3-4,8-9H2,1-2H3/b7-5+. The molecule has 9 heavy (non-hydrogen) atoms. The fourth-order valence-corrected chi connectivity index (χ4v) is 0.703. The fraction of sp³-hybridized carbons (Fsp3) is 0.667. The molecule has 0 aliphatic carbocycles. The van der Waals surface area contributed by atoms with Crippen molar-refractivity contribution in [3.8, 4) is 0 Å². The summed E-state index contributed by atoms with van der Waals surface area (Å²) in [4.78, 5) is 0. The van der Waals surface area contributed by atoms with Gasteiger partial charge in [-0.15, -0.1) is 0 Å². The zero-order chi connectivity index (χ0) is 6.95. The van der Waals surface area contributed by atoms with Crippen LogP contribution in [0.15, 0.2) is 12.2 Å². The van der Waals surface area contributed by atoms with Gasteiger partial charge in [-0.25, -0.2) is 0 Å². The topological polar surface area (TPSA) is 0 Å². The van der Waals surface area contributed by atoms with Crippen LogP contribution in [0.1, 0.15) is 39.5 Å². The van der Waals surface area contributed by atoms with Crippen LogP contribution in [0.5, 0.6) is 0 Å². The van der Waals surface area contributed by atoms with Crippen molar-refractivity contribution >= 4 is 0 Å². The van der Waals surface area contributed by atoms with E-state index in [-0.39, 0.29) is 0 Å². The van der Waals surface area contributed by atoms with Crippen molar-refractivity contribution < 1.29 is 0 Å². The average Bonchev–Trinajstić information content (AvgIpc) is 1.89. The normalized spacial score (nSPS) is 10.9. The van der Waals surface area contributed by atoms with Crippen molar-refractivity contribution in [3.63, 3.8) is 0 Å². The van der Waals surface area contributed by atoms with Crippen molar-refractivity contribution in [2.45, 2.75) is 39.5 Å². The summed E-state index contributed by atoms with van der Waals surface area (Å²) in [6.07, 6.45) is 11.6. The summed E-state index contributed by atoms with van der Waals surface area (Å²) in [5.74, 6) is 0. The lowest BCUT2D eigenvalue weighted by Crippen LogP contribution is -1.71. The van der Waals surface area contributed by atoms with E-state index in [0.29, 0.717) is 0 Å². The van der Waals surface area contributed by atoms with Gasteiger partial charge in [0, 0.05) is 0 Å². The first-order chi connectivity index (χ1) is 4.41. The molecule has 53 valence electrons.